The fraction of sp³-hybridized carbons (Fsp3) is 0.368. The van der Waals surface area contributed by atoms with E-state index in [0.717, 1.165) is 30.2 Å². The maximum Gasteiger partial charge on any atom is 0.0936 e. The van der Waals surface area contributed by atoms with E-state index >= 15 is 0 Å². The molecule has 4 rings (SSSR count). The van der Waals surface area contributed by atoms with Crippen LogP contribution in [0, 0.1) is 0 Å². The van der Waals surface area contributed by atoms with Crippen LogP contribution in [0.4, 0.5) is 0 Å². The number of thiophene rings is 1. The molecule has 0 bridgehead atoms. The van der Waals surface area contributed by atoms with Gasteiger partial charge in [0.15, 0.2) is 0 Å². The molecule has 1 aromatic carbocycles. The fourth-order valence-corrected chi connectivity index (χ4v) is 4.06. The van der Waals surface area contributed by atoms with E-state index in [9.17, 15) is 0 Å². The lowest BCUT2D eigenvalue weighted by Crippen LogP contribution is -2.29. The van der Waals surface area contributed by atoms with E-state index in [1.54, 1.807) is 11.3 Å². The summed E-state index contributed by atoms with van der Waals surface area (Å²) in [7, 11) is 0. The summed E-state index contributed by atoms with van der Waals surface area (Å²) in [6, 6.07) is 11.5. The summed E-state index contributed by atoms with van der Waals surface area (Å²) in [5, 5.41) is 14.3. The van der Waals surface area contributed by atoms with Gasteiger partial charge in [0, 0.05) is 24.4 Å². The van der Waals surface area contributed by atoms with E-state index in [1.807, 2.05) is 0 Å². The van der Waals surface area contributed by atoms with Crippen molar-refractivity contribution in [2.75, 3.05) is 13.1 Å². The van der Waals surface area contributed by atoms with Gasteiger partial charge in [0.25, 0.3) is 0 Å². The SMILES string of the molecule is C[C@@H]1CCCN1CCc1cc2ccc(-c3ccsc3)cc2nn1. The van der Waals surface area contributed by atoms with Crippen LogP contribution >= 0.6 is 11.3 Å². The zero-order valence-corrected chi connectivity index (χ0v) is 14.2. The highest BCUT2D eigenvalue weighted by Crippen LogP contribution is 2.25. The minimum atomic E-state index is 0.719. The van der Waals surface area contributed by atoms with E-state index in [0.29, 0.717) is 0 Å². The molecule has 1 aliphatic rings. The Labute approximate surface area is 141 Å². The van der Waals surface area contributed by atoms with Crippen LogP contribution in [0.5, 0.6) is 0 Å². The largest absolute Gasteiger partial charge is 0.300 e. The normalized spacial score (nSPS) is 18.7. The lowest BCUT2D eigenvalue weighted by molar-refractivity contribution is 0.271. The van der Waals surface area contributed by atoms with Gasteiger partial charge in [-0.1, -0.05) is 12.1 Å². The third-order valence-corrected chi connectivity index (χ3v) is 5.52. The number of aromatic nitrogens is 2. The standard InChI is InChI=1S/C19H21N3S/c1-14-3-2-8-22(14)9-6-18-11-16-5-4-15(12-19(16)21-20-18)17-7-10-23-13-17/h4-5,7,10-14H,2-3,6,8-9H2,1H3/t14-/m1/s1. The first-order valence-corrected chi connectivity index (χ1v) is 9.27. The second-order valence-electron chi connectivity index (χ2n) is 6.40. The second-order valence-corrected chi connectivity index (χ2v) is 7.18. The van der Waals surface area contributed by atoms with Crippen molar-refractivity contribution in [3.8, 4) is 11.1 Å². The summed E-state index contributed by atoms with van der Waals surface area (Å²) in [5.74, 6) is 0. The minimum Gasteiger partial charge on any atom is -0.300 e. The molecule has 3 aromatic rings. The van der Waals surface area contributed by atoms with Gasteiger partial charge in [-0.2, -0.15) is 21.5 Å². The molecule has 0 spiro atoms. The Balaban J connectivity index is 1.53. The van der Waals surface area contributed by atoms with Crippen molar-refractivity contribution in [2.24, 2.45) is 0 Å². The Morgan fingerprint density at radius 3 is 2.91 bits per heavy atom. The summed E-state index contributed by atoms with van der Waals surface area (Å²) in [6.45, 7) is 4.64. The minimum absolute atomic E-state index is 0.719. The summed E-state index contributed by atoms with van der Waals surface area (Å²) in [5.41, 5.74) is 4.55. The van der Waals surface area contributed by atoms with Gasteiger partial charge >= 0.3 is 0 Å². The Morgan fingerprint density at radius 2 is 2.13 bits per heavy atom. The average Bonchev–Trinajstić information content (AvgIpc) is 3.24. The molecular weight excluding hydrogens is 302 g/mol. The number of nitrogens with zero attached hydrogens (tertiary/aromatic N) is 3. The van der Waals surface area contributed by atoms with E-state index in [-0.39, 0.29) is 0 Å². The maximum atomic E-state index is 4.45. The van der Waals surface area contributed by atoms with Crippen molar-refractivity contribution >= 4 is 22.2 Å². The van der Waals surface area contributed by atoms with Crippen LogP contribution in [0.3, 0.4) is 0 Å². The summed E-state index contributed by atoms with van der Waals surface area (Å²) in [4.78, 5) is 2.56. The first kappa shape index (κ1) is 14.8. The van der Waals surface area contributed by atoms with Crippen LogP contribution in [-0.2, 0) is 6.42 Å². The van der Waals surface area contributed by atoms with Crippen molar-refractivity contribution in [3.05, 3.63) is 46.8 Å². The predicted molar refractivity (Wildman–Crippen MR) is 96.8 cm³/mol. The van der Waals surface area contributed by atoms with Crippen LogP contribution in [0.25, 0.3) is 22.0 Å². The Bertz CT molecular complexity index is 797. The Kier molecular flexibility index (Phi) is 4.10. The maximum absolute atomic E-state index is 4.45. The molecule has 3 heterocycles. The highest BCUT2D eigenvalue weighted by Gasteiger charge is 2.19. The van der Waals surface area contributed by atoms with Crippen LogP contribution in [0.1, 0.15) is 25.5 Å². The molecule has 118 valence electrons. The molecule has 0 unspecified atom stereocenters. The molecular formula is C19H21N3S. The summed E-state index contributed by atoms with van der Waals surface area (Å²) >= 11 is 1.72. The quantitative estimate of drug-likeness (QED) is 0.713. The van der Waals surface area contributed by atoms with Crippen molar-refractivity contribution in [2.45, 2.75) is 32.2 Å². The summed E-state index contributed by atoms with van der Waals surface area (Å²) < 4.78 is 0. The van der Waals surface area contributed by atoms with Crippen molar-refractivity contribution in [1.82, 2.24) is 15.1 Å². The van der Waals surface area contributed by atoms with Gasteiger partial charge in [-0.05, 0) is 66.4 Å². The molecule has 23 heavy (non-hydrogen) atoms. The number of hydrogen-bond donors (Lipinski definition) is 0. The number of likely N-dealkylation sites (tertiary alicyclic amines) is 1. The third kappa shape index (κ3) is 3.14. The van der Waals surface area contributed by atoms with Crippen LogP contribution < -0.4 is 0 Å². The van der Waals surface area contributed by atoms with Gasteiger partial charge in [-0.15, -0.1) is 0 Å². The molecule has 1 atom stereocenters. The zero-order chi connectivity index (χ0) is 15.6. The highest BCUT2D eigenvalue weighted by atomic mass is 32.1. The highest BCUT2D eigenvalue weighted by molar-refractivity contribution is 7.08. The van der Waals surface area contributed by atoms with Gasteiger partial charge < -0.3 is 4.90 Å². The monoisotopic (exact) mass is 323 g/mol. The fourth-order valence-electron chi connectivity index (χ4n) is 3.39. The molecule has 0 radical (unpaired) electrons. The smallest absolute Gasteiger partial charge is 0.0936 e. The molecule has 1 saturated heterocycles. The first-order valence-electron chi connectivity index (χ1n) is 8.32. The number of hydrogen-bond acceptors (Lipinski definition) is 4. The summed E-state index contributed by atoms with van der Waals surface area (Å²) in [6.07, 6.45) is 3.64. The molecule has 4 heteroatoms. The molecule has 1 fully saturated rings. The van der Waals surface area contributed by atoms with E-state index < -0.39 is 0 Å². The number of benzene rings is 1. The topological polar surface area (TPSA) is 29.0 Å². The molecule has 0 amide bonds. The Hall–Kier alpha value is -1.78. The number of rotatable bonds is 4. The third-order valence-electron chi connectivity index (χ3n) is 4.84. The van der Waals surface area contributed by atoms with Gasteiger partial charge in [-0.3, -0.25) is 0 Å². The van der Waals surface area contributed by atoms with Crippen molar-refractivity contribution in [1.29, 1.82) is 0 Å². The lowest BCUT2D eigenvalue weighted by atomic mass is 10.1. The van der Waals surface area contributed by atoms with Gasteiger partial charge in [-0.25, -0.2) is 0 Å². The van der Waals surface area contributed by atoms with E-state index in [2.05, 4.69) is 63.1 Å². The molecule has 0 aliphatic carbocycles. The predicted octanol–water partition coefficient (Wildman–Crippen LogP) is 4.39. The lowest BCUT2D eigenvalue weighted by Gasteiger charge is -2.20. The molecule has 2 aromatic heterocycles. The zero-order valence-electron chi connectivity index (χ0n) is 13.4. The molecule has 0 N–H and O–H groups in total. The number of fused-ring (bicyclic) bond motifs is 1. The van der Waals surface area contributed by atoms with Crippen molar-refractivity contribution in [3.63, 3.8) is 0 Å². The van der Waals surface area contributed by atoms with Crippen molar-refractivity contribution < 1.29 is 0 Å². The second kappa shape index (κ2) is 6.38. The van der Waals surface area contributed by atoms with Gasteiger partial charge in [0.1, 0.15) is 0 Å². The first-order chi connectivity index (χ1) is 11.3. The molecule has 3 nitrogen and oxygen atoms in total. The van der Waals surface area contributed by atoms with Crippen LogP contribution in [-0.4, -0.2) is 34.2 Å². The Morgan fingerprint density at radius 1 is 1.17 bits per heavy atom. The van der Waals surface area contributed by atoms with Gasteiger partial charge in [0.2, 0.25) is 0 Å². The van der Waals surface area contributed by atoms with Crippen LogP contribution in [0.2, 0.25) is 0 Å². The van der Waals surface area contributed by atoms with Gasteiger partial charge in [0.05, 0.1) is 11.2 Å². The van der Waals surface area contributed by atoms with E-state index in [1.165, 1.54) is 35.9 Å². The molecule has 0 saturated carbocycles. The van der Waals surface area contributed by atoms with Crippen LogP contribution in [0.15, 0.2) is 41.1 Å². The van der Waals surface area contributed by atoms with E-state index in [4.69, 9.17) is 0 Å². The molecule has 1 aliphatic heterocycles. The average molecular weight is 323 g/mol.